The molecule has 160 valence electrons. The highest BCUT2D eigenvalue weighted by molar-refractivity contribution is 6.27. The molecule has 2 heterocycles. The molecule has 9 nitrogen and oxygen atoms in total. The molecule has 0 bridgehead atoms. The van der Waals surface area contributed by atoms with E-state index in [4.69, 9.17) is 19.8 Å². The number of nitro groups is 1. The number of nitro benzene ring substituents is 1. The number of piperidine rings is 1. The van der Waals surface area contributed by atoms with E-state index >= 15 is 0 Å². The topological polar surface area (TPSA) is 124 Å². The summed E-state index contributed by atoms with van der Waals surface area (Å²) in [6, 6.07) is 7.85. The lowest BCUT2D eigenvalue weighted by Crippen LogP contribution is -2.45. The minimum absolute atomic E-state index is 0.252. The molecule has 0 spiro atoms. The van der Waals surface area contributed by atoms with E-state index in [1.54, 1.807) is 12.1 Å². The van der Waals surface area contributed by atoms with Gasteiger partial charge in [-0.05, 0) is 51.9 Å². The third-order valence-corrected chi connectivity index (χ3v) is 5.48. The van der Waals surface area contributed by atoms with Crippen molar-refractivity contribution in [2.75, 3.05) is 26.2 Å². The zero-order valence-corrected chi connectivity index (χ0v) is 16.5. The number of carbonyl (C=O) groups is 2. The number of aliphatic carboxylic acids is 2. The zero-order chi connectivity index (χ0) is 21.2. The number of para-hydroxylation sites is 1. The maximum absolute atomic E-state index is 11.1. The van der Waals surface area contributed by atoms with E-state index in [9.17, 15) is 10.1 Å². The van der Waals surface area contributed by atoms with Gasteiger partial charge in [-0.1, -0.05) is 31.0 Å². The van der Waals surface area contributed by atoms with Crippen LogP contribution in [0.2, 0.25) is 0 Å². The van der Waals surface area contributed by atoms with Crippen molar-refractivity contribution < 1.29 is 24.7 Å². The second-order valence-electron chi connectivity index (χ2n) is 7.45. The maximum atomic E-state index is 11.1. The van der Waals surface area contributed by atoms with Crippen LogP contribution in [0.25, 0.3) is 0 Å². The number of likely N-dealkylation sites (tertiary alicyclic amines) is 2. The van der Waals surface area contributed by atoms with Crippen molar-refractivity contribution in [2.45, 2.75) is 51.1 Å². The fourth-order valence-corrected chi connectivity index (χ4v) is 3.97. The van der Waals surface area contributed by atoms with E-state index in [0.29, 0.717) is 6.54 Å². The minimum Gasteiger partial charge on any atom is -0.473 e. The first kappa shape index (κ1) is 22.8. The normalized spacial score (nSPS) is 18.9. The predicted octanol–water partition coefficient (Wildman–Crippen LogP) is 2.59. The van der Waals surface area contributed by atoms with Crippen molar-refractivity contribution in [1.29, 1.82) is 0 Å². The Kier molecular flexibility index (Phi) is 9.01. The molecule has 0 aliphatic carbocycles. The van der Waals surface area contributed by atoms with Crippen molar-refractivity contribution in [3.63, 3.8) is 0 Å². The Morgan fingerprint density at radius 2 is 1.52 bits per heavy atom. The van der Waals surface area contributed by atoms with Crippen LogP contribution < -0.4 is 0 Å². The quantitative estimate of drug-likeness (QED) is 0.443. The number of carboxylic acid groups (broad SMARTS) is 2. The smallest absolute Gasteiger partial charge is 0.414 e. The summed E-state index contributed by atoms with van der Waals surface area (Å²) in [5.41, 5.74) is 1.09. The van der Waals surface area contributed by atoms with Crippen LogP contribution in [0.3, 0.4) is 0 Å². The van der Waals surface area contributed by atoms with Crippen LogP contribution in [0.1, 0.15) is 44.1 Å². The Labute approximate surface area is 170 Å². The number of nitrogens with zero attached hydrogens (tertiary/aromatic N) is 3. The highest BCUT2D eigenvalue weighted by atomic mass is 16.6. The van der Waals surface area contributed by atoms with Gasteiger partial charge in [0.05, 0.1) is 4.92 Å². The summed E-state index contributed by atoms with van der Waals surface area (Å²) in [4.78, 5) is 34.1. The summed E-state index contributed by atoms with van der Waals surface area (Å²) in [6.07, 6.45) is 7.84. The van der Waals surface area contributed by atoms with Crippen LogP contribution in [-0.4, -0.2) is 69.1 Å². The largest absolute Gasteiger partial charge is 0.473 e. The molecule has 0 radical (unpaired) electrons. The zero-order valence-electron chi connectivity index (χ0n) is 16.5. The molecule has 0 aromatic heterocycles. The second kappa shape index (κ2) is 11.5. The average Bonchev–Trinajstić information content (AvgIpc) is 2.99. The Balaban J connectivity index is 0.000000438. The van der Waals surface area contributed by atoms with Crippen molar-refractivity contribution in [3.8, 4) is 0 Å². The lowest BCUT2D eigenvalue weighted by atomic mass is 10.0. The van der Waals surface area contributed by atoms with Crippen molar-refractivity contribution in [2.24, 2.45) is 0 Å². The third kappa shape index (κ3) is 7.43. The fourth-order valence-electron chi connectivity index (χ4n) is 3.97. The van der Waals surface area contributed by atoms with Gasteiger partial charge in [-0.2, -0.15) is 0 Å². The second-order valence-corrected chi connectivity index (χ2v) is 7.45. The Bertz CT molecular complexity index is 683. The van der Waals surface area contributed by atoms with Gasteiger partial charge in [-0.15, -0.1) is 0 Å². The first-order chi connectivity index (χ1) is 13.9. The Morgan fingerprint density at radius 3 is 2.03 bits per heavy atom. The van der Waals surface area contributed by atoms with E-state index in [2.05, 4.69) is 9.80 Å². The highest BCUT2D eigenvalue weighted by Crippen LogP contribution is 2.24. The van der Waals surface area contributed by atoms with Gasteiger partial charge < -0.3 is 15.1 Å². The van der Waals surface area contributed by atoms with Crippen LogP contribution in [0.15, 0.2) is 24.3 Å². The van der Waals surface area contributed by atoms with Gasteiger partial charge in [-0.3, -0.25) is 15.0 Å². The Hall–Kier alpha value is -2.52. The summed E-state index contributed by atoms with van der Waals surface area (Å²) in [7, 11) is 0. The van der Waals surface area contributed by atoms with Crippen LogP contribution >= 0.6 is 0 Å². The molecule has 0 saturated carbocycles. The molecule has 2 fully saturated rings. The Morgan fingerprint density at radius 1 is 0.966 bits per heavy atom. The lowest BCUT2D eigenvalue weighted by Gasteiger charge is -2.38. The van der Waals surface area contributed by atoms with Crippen LogP contribution in [-0.2, 0) is 16.1 Å². The molecule has 1 aromatic carbocycles. The van der Waals surface area contributed by atoms with Gasteiger partial charge >= 0.3 is 11.9 Å². The molecular formula is C20H29N3O6. The summed E-state index contributed by atoms with van der Waals surface area (Å²) in [6.45, 7) is 5.31. The molecule has 0 atom stereocenters. The monoisotopic (exact) mass is 407 g/mol. The number of benzene rings is 1. The molecule has 3 rings (SSSR count). The van der Waals surface area contributed by atoms with Crippen LogP contribution in [0.4, 0.5) is 5.69 Å². The molecule has 2 aliphatic heterocycles. The molecule has 2 aliphatic rings. The van der Waals surface area contributed by atoms with E-state index in [1.807, 2.05) is 12.1 Å². The van der Waals surface area contributed by atoms with E-state index in [-0.39, 0.29) is 10.6 Å². The fraction of sp³-hybridized carbons (Fsp3) is 0.600. The minimum atomic E-state index is -1.82. The van der Waals surface area contributed by atoms with Gasteiger partial charge in [0, 0.05) is 24.2 Å². The van der Waals surface area contributed by atoms with E-state index < -0.39 is 11.9 Å². The molecule has 2 N–H and O–H groups in total. The molecule has 2 saturated heterocycles. The van der Waals surface area contributed by atoms with Crippen molar-refractivity contribution >= 4 is 17.6 Å². The number of hydrogen-bond donors (Lipinski definition) is 2. The maximum Gasteiger partial charge on any atom is 0.414 e. The average molecular weight is 407 g/mol. The van der Waals surface area contributed by atoms with Gasteiger partial charge in [-0.25, -0.2) is 9.59 Å². The summed E-state index contributed by atoms with van der Waals surface area (Å²) in [5.74, 6) is -3.65. The first-order valence-corrected chi connectivity index (χ1v) is 10.0. The van der Waals surface area contributed by atoms with E-state index in [0.717, 1.165) is 24.7 Å². The standard InChI is InChI=1S/C18H27N3O2.C2H2O4/c22-21(23)18-8-4-3-7-16(18)15-19-13-9-17(10-14-19)20-11-5-1-2-6-12-20;3-1(4)2(5)6/h3-4,7-8,17H,1-2,5-6,9-15H2;(H,3,4)(H,5,6). The molecule has 9 heteroatoms. The van der Waals surface area contributed by atoms with E-state index in [1.165, 1.54) is 51.6 Å². The number of carboxylic acids is 2. The summed E-state index contributed by atoms with van der Waals surface area (Å²) < 4.78 is 0. The molecule has 0 unspecified atom stereocenters. The van der Waals surface area contributed by atoms with Gasteiger partial charge in [0.2, 0.25) is 0 Å². The van der Waals surface area contributed by atoms with Crippen LogP contribution in [0.5, 0.6) is 0 Å². The number of hydrogen-bond acceptors (Lipinski definition) is 6. The lowest BCUT2D eigenvalue weighted by molar-refractivity contribution is -0.385. The molecule has 29 heavy (non-hydrogen) atoms. The SMILES string of the molecule is O=C(O)C(=O)O.O=[N+]([O-])c1ccccc1CN1CCC(N2CCCCCC2)CC1. The van der Waals surface area contributed by atoms with Gasteiger partial charge in [0.25, 0.3) is 5.69 Å². The summed E-state index contributed by atoms with van der Waals surface area (Å²) in [5, 5.41) is 25.9. The predicted molar refractivity (Wildman–Crippen MR) is 107 cm³/mol. The van der Waals surface area contributed by atoms with Crippen molar-refractivity contribution in [1.82, 2.24) is 9.80 Å². The third-order valence-electron chi connectivity index (χ3n) is 5.48. The van der Waals surface area contributed by atoms with Crippen LogP contribution in [0, 0.1) is 10.1 Å². The molecule has 1 aromatic rings. The summed E-state index contributed by atoms with van der Waals surface area (Å²) >= 11 is 0. The number of rotatable bonds is 4. The van der Waals surface area contributed by atoms with Gasteiger partial charge in [0.1, 0.15) is 0 Å². The molecular weight excluding hydrogens is 378 g/mol. The molecule has 0 amide bonds. The highest BCUT2D eigenvalue weighted by Gasteiger charge is 2.26. The first-order valence-electron chi connectivity index (χ1n) is 10.0. The van der Waals surface area contributed by atoms with Crippen molar-refractivity contribution in [3.05, 3.63) is 39.9 Å². The van der Waals surface area contributed by atoms with Gasteiger partial charge in [0.15, 0.2) is 0 Å².